The Morgan fingerprint density at radius 3 is 2.62 bits per heavy atom. The first-order valence-corrected chi connectivity index (χ1v) is 13.2. The number of piperazine rings is 1. The second-order valence-electron chi connectivity index (χ2n) is 10.4. The Bertz CT molecular complexity index is 1660. The highest BCUT2D eigenvalue weighted by molar-refractivity contribution is 5.84. The van der Waals surface area contributed by atoms with Crippen molar-refractivity contribution in [2.45, 2.75) is 32.0 Å². The highest BCUT2D eigenvalue weighted by Crippen LogP contribution is 2.36. The fourth-order valence-corrected chi connectivity index (χ4v) is 5.75. The molecule has 4 aromatic rings. The maximum absolute atomic E-state index is 9.72. The van der Waals surface area contributed by atoms with Crippen LogP contribution in [0.25, 0.3) is 22.2 Å². The lowest BCUT2D eigenvalue weighted by Crippen LogP contribution is -2.67. The predicted octanol–water partition coefficient (Wildman–Crippen LogP) is 3.91. The molecule has 3 fully saturated rings. The first kappa shape index (κ1) is 25.5. The Balaban J connectivity index is 1.23. The molecular formula is C30H31N9O. The van der Waals surface area contributed by atoms with Gasteiger partial charge in [0.05, 0.1) is 30.6 Å². The van der Waals surface area contributed by atoms with Crippen LogP contribution < -0.4 is 4.74 Å². The summed E-state index contributed by atoms with van der Waals surface area (Å²) in [5, 5.41) is 18.5. The molecule has 7 rings (SSSR count). The number of aromatic nitrogens is 5. The van der Waals surface area contributed by atoms with Crippen LogP contribution in [0.15, 0.2) is 72.1 Å². The smallest absolute Gasteiger partial charge is 0.212 e. The molecule has 0 N–H and O–H groups in total. The Kier molecular flexibility index (Phi) is 6.66. The molecule has 0 aliphatic carbocycles. The van der Waals surface area contributed by atoms with E-state index in [-0.39, 0.29) is 0 Å². The summed E-state index contributed by atoms with van der Waals surface area (Å²) in [4.78, 5) is 13.6. The second-order valence-corrected chi connectivity index (χ2v) is 10.4. The van der Waals surface area contributed by atoms with Crippen LogP contribution in [-0.2, 0) is 13.6 Å². The highest BCUT2D eigenvalue weighted by Gasteiger charge is 2.44. The maximum atomic E-state index is 9.72. The third-order valence-electron chi connectivity index (χ3n) is 7.88. The molecule has 3 aliphatic rings. The first-order valence-electron chi connectivity index (χ1n) is 13.2. The van der Waals surface area contributed by atoms with E-state index in [9.17, 15) is 5.26 Å². The fraction of sp³-hybridized carbons (Fsp3) is 0.300. The minimum atomic E-state index is 0.469. The summed E-state index contributed by atoms with van der Waals surface area (Å²) >= 11 is 0. The molecule has 40 heavy (non-hydrogen) atoms. The zero-order chi connectivity index (χ0) is 27.8. The third kappa shape index (κ3) is 4.65. The summed E-state index contributed by atoms with van der Waals surface area (Å²) in [6.07, 6.45) is 14.5. The SMILES string of the molecule is C=N/C(=C\C=C(/C)c1cc(-c2cnn(C)c2)cn2ncc(C#N)c12)N1CC2CC(C1)N2Cc1ccc(OC)nc1. The number of fused-ring (bicyclic) bond motifs is 3. The number of hydrogen-bond acceptors (Lipinski definition) is 8. The lowest BCUT2D eigenvalue weighted by Gasteiger charge is -2.57. The normalized spacial score (nSPS) is 19.4. The van der Waals surface area contributed by atoms with Crippen molar-refractivity contribution in [3.8, 4) is 23.1 Å². The molecule has 0 spiro atoms. The monoisotopic (exact) mass is 533 g/mol. The van der Waals surface area contributed by atoms with Crippen LogP contribution in [0.2, 0.25) is 0 Å². The molecule has 2 atom stereocenters. The molecule has 3 aliphatic heterocycles. The number of methoxy groups -OCH3 is 1. The number of nitriles is 1. The van der Waals surface area contributed by atoms with E-state index in [1.807, 2.05) is 50.9 Å². The molecular weight excluding hydrogens is 502 g/mol. The lowest BCUT2D eigenvalue weighted by atomic mass is 9.87. The molecule has 0 radical (unpaired) electrons. The third-order valence-corrected chi connectivity index (χ3v) is 7.88. The molecule has 3 saturated heterocycles. The lowest BCUT2D eigenvalue weighted by molar-refractivity contribution is -0.0645. The first-order chi connectivity index (χ1) is 19.5. The zero-order valence-electron chi connectivity index (χ0n) is 22.9. The largest absolute Gasteiger partial charge is 0.481 e. The van der Waals surface area contributed by atoms with Crippen LogP contribution in [0.1, 0.15) is 30.0 Å². The molecule has 7 heterocycles. The molecule has 4 aromatic heterocycles. The van der Waals surface area contributed by atoms with Gasteiger partial charge in [0.1, 0.15) is 11.9 Å². The minimum absolute atomic E-state index is 0.469. The number of hydrogen-bond donors (Lipinski definition) is 0. The Morgan fingerprint density at radius 2 is 1.98 bits per heavy atom. The molecule has 0 aromatic carbocycles. The molecule has 10 nitrogen and oxygen atoms in total. The summed E-state index contributed by atoms with van der Waals surface area (Å²) in [5.74, 6) is 1.49. The Hall–Kier alpha value is -4.75. The van der Waals surface area contributed by atoms with E-state index in [0.717, 1.165) is 53.2 Å². The summed E-state index contributed by atoms with van der Waals surface area (Å²) in [6.45, 7) is 8.60. The van der Waals surface area contributed by atoms with Crippen molar-refractivity contribution < 1.29 is 4.74 Å². The fourth-order valence-electron chi connectivity index (χ4n) is 5.75. The van der Waals surface area contributed by atoms with Gasteiger partial charge in [0.25, 0.3) is 0 Å². The van der Waals surface area contributed by atoms with Crippen molar-refractivity contribution >= 4 is 17.8 Å². The van der Waals surface area contributed by atoms with Crippen LogP contribution in [0.3, 0.4) is 0 Å². The average Bonchev–Trinajstić information content (AvgIpc) is 3.62. The van der Waals surface area contributed by atoms with Gasteiger partial charge in [-0.2, -0.15) is 15.5 Å². The van der Waals surface area contributed by atoms with Gasteiger partial charge < -0.3 is 9.64 Å². The van der Waals surface area contributed by atoms with Crippen molar-refractivity contribution in [2.75, 3.05) is 20.2 Å². The number of piperidine rings is 1. The van der Waals surface area contributed by atoms with Gasteiger partial charge >= 0.3 is 0 Å². The summed E-state index contributed by atoms with van der Waals surface area (Å²) in [5.41, 5.74) is 6.42. The molecule has 202 valence electrons. The number of aliphatic imine (C=N–C) groups is 1. The number of allylic oxidation sites excluding steroid dienone is 3. The molecule has 10 heteroatoms. The molecule has 0 amide bonds. The summed E-state index contributed by atoms with van der Waals surface area (Å²) in [6, 6.07) is 9.31. The molecule has 0 saturated carbocycles. The van der Waals surface area contributed by atoms with E-state index in [2.05, 4.69) is 61.0 Å². The van der Waals surface area contributed by atoms with E-state index in [1.165, 1.54) is 12.0 Å². The van der Waals surface area contributed by atoms with E-state index >= 15 is 0 Å². The summed E-state index contributed by atoms with van der Waals surface area (Å²) in [7, 11) is 3.53. The van der Waals surface area contributed by atoms with Crippen molar-refractivity contribution in [1.29, 1.82) is 5.26 Å². The zero-order valence-corrected chi connectivity index (χ0v) is 22.9. The molecule has 2 unspecified atom stereocenters. The quantitative estimate of drug-likeness (QED) is 0.250. The van der Waals surface area contributed by atoms with Crippen LogP contribution in [0, 0.1) is 11.3 Å². The van der Waals surface area contributed by atoms with Crippen LogP contribution in [-0.4, -0.2) is 73.2 Å². The van der Waals surface area contributed by atoms with Gasteiger partial charge in [-0.15, -0.1) is 0 Å². The highest BCUT2D eigenvalue weighted by atomic mass is 16.5. The predicted molar refractivity (Wildman–Crippen MR) is 153 cm³/mol. The van der Waals surface area contributed by atoms with Crippen molar-refractivity contribution in [3.63, 3.8) is 0 Å². The number of aryl methyl sites for hydroxylation is 1. The van der Waals surface area contributed by atoms with Crippen LogP contribution in [0.5, 0.6) is 5.88 Å². The van der Waals surface area contributed by atoms with Gasteiger partial charge in [-0.3, -0.25) is 9.58 Å². The standard InChI is InChI=1S/C30H31N9O/c1-20(27-9-22(24-14-34-36(3)16-24)17-39-30(27)23(11-31)13-35-39)5-7-28(32-2)37-18-25-10-26(19-37)38(25)15-21-6-8-29(40-4)33-12-21/h5-9,12-14,16-17,25-26H,2,10,15,18-19H2,1,3-4H3/b20-5+,28-7+. The van der Waals surface area contributed by atoms with Gasteiger partial charge in [-0.25, -0.2) is 14.5 Å². The Labute approximate surface area is 233 Å². The van der Waals surface area contributed by atoms with Gasteiger partial charge in [-0.1, -0.05) is 12.1 Å². The van der Waals surface area contributed by atoms with Gasteiger partial charge in [-0.05, 0) is 43.3 Å². The van der Waals surface area contributed by atoms with Crippen molar-refractivity contribution in [2.24, 2.45) is 12.0 Å². The topological polar surface area (TPSA) is 99.9 Å². The maximum Gasteiger partial charge on any atom is 0.212 e. The van der Waals surface area contributed by atoms with E-state index < -0.39 is 0 Å². The number of ether oxygens (including phenoxy) is 1. The van der Waals surface area contributed by atoms with Crippen molar-refractivity contribution in [1.82, 2.24) is 34.2 Å². The second kappa shape index (κ2) is 10.4. The Morgan fingerprint density at radius 1 is 1.15 bits per heavy atom. The van der Waals surface area contributed by atoms with Gasteiger partial charge in [0, 0.05) is 80.1 Å². The van der Waals surface area contributed by atoms with Crippen LogP contribution in [0.4, 0.5) is 0 Å². The van der Waals surface area contributed by atoms with E-state index in [4.69, 9.17) is 4.74 Å². The average molecular weight is 534 g/mol. The number of pyridine rings is 2. The van der Waals surface area contributed by atoms with Crippen molar-refractivity contribution in [3.05, 3.63) is 83.8 Å². The van der Waals surface area contributed by atoms with E-state index in [0.29, 0.717) is 23.5 Å². The number of nitrogens with zero attached hydrogens (tertiary/aromatic N) is 9. The van der Waals surface area contributed by atoms with E-state index in [1.54, 1.807) is 22.5 Å². The molecule has 2 bridgehead atoms. The van der Waals surface area contributed by atoms with Gasteiger partial charge in [0.15, 0.2) is 0 Å². The van der Waals surface area contributed by atoms with Gasteiger partial charge in [0.2, 0.25) is 5.88 Å². The minimum Gasteiger partial charge on any atom is -0.481 e. The summed E-state index contributed by atoms with van der Waals surface area (Å²) < 4.78 is 8.73. The van der Waals surface area contributed by atoms with Crippen LogP contribution >= 0.6 is 0 Å². The number of rotatable bonds is 8.